The lowest BCUT2D eigenvalue weighted by Crippen LogP contribution is -2.53. The summed E-state index contributed by atoms with van der Waals surface area (Å²) in [4.78, 5) is 51.1. The second-order valence-corrected chi connectivity index (χ2v) is 11.1. The van der Waals surface area contributed by atoms with E-state index in [4.69, 9.17) is 11.6 Å². The predicted octanol–water partition coefficient (Wildman–Crippen LogP) is 4.21. The summed E-state index contributed by atoms with van der Waals surface area (Å²) in [5.41, 5.74) is -0.570. The minimum absolute atomic E-state index is 0.00746. The molecule has 1 aliphatic carbocycles. The van der Waals surface area contributed by atoms with Crippen molar-refractivity contribution in [1.82, 2.24) is 15.3 Å². The number of benzene rings is 2. The third kappa shape index (κ3) is 6.74. The number of hydrogen-bond acceptors (Lipinski definition) is 7. The molecule has 1 aliphatic heterocycles. The molecule has 10 nitrogen and oxygen atoms in total. The molecular formula is C30H25ClF4N6O4. The SMILES string of the molecule is N#Cc1ccnc(N2C(=O)[C@H](O)C[C@H]2C(=O)N(c2cc(F)cc(F)c2)C(C(=O)NC2CCC(F)(F)CC2)c2ccccc2Cl)n1. The standard InChI is InChI=1S/C30H25ClF4N6O4/c31-22-4-2-1-3-21(22)25(26(43)38-18-5-8-30(34,35)9-6-18)40(20-12-16(32)11-17(33)13-20)27(44)23-14-24(42)28(45)41(23)29-37-10-7-19(15-36)39-29/h1-4,7,10-13,18,23-25,42H,5-6,8-9,14H2,(H,38,43)/t23-,24+,25?/m0/s1. The van der Waals surface area contributed by atoms with Crippen LogP contribution in [0.3, 0.4) is 0 Å². The zero-order chi connectivity index (χ0) is 32.5. The number of carbonyl (C=O) groups is 3. The first kappa shape index (κ1) is 31.8. The molecule has 2 fully saturated rings. The van der Waals surface area contributed by atoms with E-state index in [1.54, 1.807) is 12.1 Å². The van der Waals surface area contributed by atoms with Crippen molar-refractivity contribution in [2.45, 2.75) is 62.3 Å². The van der Waals surface area contributed by atoms with Gasteiger partial charge in [0.25, 0.3) is 11.8 Å². The number of carbonyl (C=O) groups excluding carboxylic acids is 3. The van der Waals surface area contributed by atoms with Gasteiger partial charge in [-0.3, -0.25) is 24.2 Å². The molecule has 2 aliphatic rings. The number of aliphatic hydroxyl groups is 1. The number of aromatic nitrogens is 2. The van der Waals surface area contributed by atoms with Gasteiger partial charge in [0.05, 0.1) is 5.69 Å². The second-order valence-electron chi connectivity index (χ2n) is 10.7. The maximum Gasteiger partial charge on any atom is 0.259 e. The summed E-state index contributed by atoms with van der Waals surface area (Å²) < 4.78 is 57.0. The third-order valence-corrected chi connectivity index (χ3v) is 8.02. The lowest BCUT2D eigenvalue weighted by Gasteiger charge is -2.36. The molecule has 1 aromatic heterocycles. The molecule has 0 spiro atoms. The lowest BCUT2D eigenvalue weighted by atomic mass is 9.91. The van der Waals surface area contributed by atoms with Gasteiger partial charge >= 0.3 is 0 Å². The number of rotatable bonds is 7. The predicted molar refractivity (Wildman–Crippen MR) is 152 cm³/mol. The molecule has 5 rings (SSSR count). The Morgan fingerprint density at radius 1 is 1.13 bits per heavy atom. The van der Waals surface area contributed by atoms with Crippen molar-refractivity contribution in [3.05, 3.63) is 82.6 Å². The van der Waals surface area contributed by atoms with Crippen LogP contribution in [0.25, 0.3) is 0 Å². The largest absolute Gasteiger partial charge is 0.383 e. The molecule has 1 saturated heterocycles. The minimum Gasteiger partial charge on any atom is -0.383 e. The molecule has 3 aromatic rings. The summed E-state index contributed by atoms with van der Waals surface area (Å²) in [5.74, 6) is -8.45. The maximum atomic E-state index is 14.6. The molecule has 2 aromatic carbocycles. The average Bonchev–Trinajstić information content (AvgIpc) is 3.30. The van der Waals surface area contributed by atoms with Gasteiger partial charge in [-0.1, -0.05) is 29.8 Å². The summed E-state index contributed by atoms with van der Waals surface area (Å²) in [6, 6.07) is 7.00. The summed E-state index contributed by atoms with van der Waals surface area (Å²) in [6.45, 7) is 0. The number of aliphatic hydroxyl groups excluding tert-OH is 1. The van der Waals surface area contributed by atoms with Crippen LogP contribution in [0.4, 0.5) is 29.2 Å². The number of nitrogens with zero attached hydrogens (tertiary/aromatic N) is 5. The van der Waals surface area contributed by atoms with Crippen LogP contribution in [-0.2, 0) is 14.4 Å². The van der Waals surface area contributed by atoms with Gasteiger partial charge < -0.3 is 10.4 Å². The Hall–Kier alpha value is -4.61. The van der Waals surface area contributed by atoms with E-state index in [2.05, 4.69) is 15.3 Å². The molecule has 15 heteroatoms. The zero-order valence-electron chi connectivity index (χ0n) is 23.3. The fourth-order valence-corrected chi connectivity index (χ4v) is 5.75. The number of halogens is 5. The summed E-state index contributed by atoms with van der Waals surface area (Å²) in [5, 5.41) is 22.5. The Labute approximate surface area is 259 Å². The molecular weight excluding hydrogens is 620 g/mol. The van der Waals surface area contributed by atoms with E-state index in [1.165, 1.54) is 24.3 Å². The van der Waals surface area contributed by atoms with Crippen molar-refractivity contribution in [3.63, 3.8) is 0 Å². The van der Waals surface area contributed by atoms with Crippen LogP contribution in [0, 0.1) is 23.0 Å². The molecule has 234 valence electrons. The molecule has 1 unspecified atom stereocenters. The van der Waals surface area contributed by atoms with Gasteiger partial charge in [0, 0.05) is 48.2 Å². The molecule has 3 atom stereocenters. The minimum atomic E-state index is -2.89. The number of alkyl halides is 2. The van der Waals surface area contributed by atoms with Gasteiger partial charge in [0.1, 0.15) is 41.6 Å². The Morgan fingerprint density at radius 3 is 2.44 bits per heavy atom. The van der Waals surface area contributed by atoms with E-state index in [9.17, 15) is 42.3 Å². The first-order valence-electron chi connectivity index (χ1n) is 13.8. The van der Waals surface area contributed by atoms with Crippen molar-refractivity contribution in [3.8, 4) is 6.07 Å². The first-order chi connectivity index (χ1) is 21.4. The normalized spacial score (nSPS) is 20.4. The Balaban J connectivity index is 1.63. The van der Waals surface area contributed by atoms with E-state index >= 15 is 0 Å². The van der Waals surface area contributed by atoms with Crippen LogP contribution in [0.1, 0.15) is 49.4 Å². The average molecular weight is 645 g/mol. The van der Waals surface area contributed by atoms with Crippen LogP contribution >= 0.6 is 11.6 Å². The van der Waals surface area contributed by atoms with Crippen LogP contribution < -0.4 is 15.1 Å². The topological polar surface area (TPSA) is 140 Å². The fraction of sp³-hybridized carbons (Fsp3) is 0.333. The lowest BCUT2D eigenvalue weighted by molar-refractivity contribution is -0.128. The van der Waals surface area contributed by atoms with Crippen LogP contribution in [0.2, 0.25) is 5.02 Å². The number of nitriles is 1. The summed E-state index contributed by atoms with van der Waals surface area (Å²) in [7, 11) is 0. The van der Waals surface area contributed by atoms with Crippen LogP contribution in [0.15, 0.2) is 54.7 Å². The van der Waals surface area contributed by atoms with E-state index in [0.29, 0.717) is 6.07 Å². The van der Waals surface area contributed by atoms with E-state index < -0.39 is 90.4 Å². The number of anilines is 2. The highest BCUT2D eigenvalue weighted by Crippen LogP contribution is 2.38. The third-order valence-electron chi connectivity index (χ3n) is 7.67. The van der Waals surface area contributed by atoms with Gasteiger partial charge in [-0.05, 0) is 37.1 Å². The maximum absolute atomic E-state index is 14.6. The van der Waals surface area contributed by atoms with Crippen LogP contribution in [0.5, 0.6) is 0 Å². The molecule has 0 radical (unpaired) electrons. The highest BCUT2D eigenvalue weighted by molar-refractivity contribution is 6.31. The highest BCUT2D eigenvalue weighted by Gasteiger charge is 2.49. The number of nitrogens with one attached hydrogen (secondary N) is 1. The van der Waals surface area contributed by atoms with Gasteiger partial charge in [0.2, 0.25) is 17.8 Å². The summed E-state index contributed by atoms with van der Waals surface area (Å²) in [6.07, 6.45) is -2.19. The number of hydrogen-bond donors (Lipinski definition) is 2. The van der Waals surface area contributed by atoms with Crippen molar-refractivity contribution in [1.29, 1.82) is 5.26 Å². The van der Waals surface area contributed by atoms with Gasteiger partial charge in [-0.25, -0.2) is 27.5 Å². The monoisotopic (exact) mass is 644 g/mol. The molecule has 3 amide bonds. The quantitative estimate of drug-likeness (QED) is 0.367. The first-order valence-corrected chi connectivity index (χ1v) is 14.2. The Kier molecular flexibility index (Phi) is 9.03. The van der Waals surface area contributed by atoms with Gasteiger partial charge in [0.15, 0.2) is 0 Å². The molecule has 0 bridgehead atoms. The molecule has 2 heterocycles. The van der Waals surface area contributed by atoms with Crippen LogP contribution in [-0.4, -0.2) is 56.9 Å². The van der Waals surface area contributed by atoms with E-state index in [-0.39, 0.29) is 29.1 Å². The second kappa shape index (κ2) is 12.8. The van der Waals surface area contributed by atoms with Crippen molar-refractivity contribution >= 4 is 41.0 Å². The zero-order valence-corrected chi connectivity index (χ0v) is 24.1. The van der Waals surface area contributed by atoms with E-state index in [1.807, 2.05) is 0 Å². The van der Waals surface area contributed by atoms with Crippen molar-refractivity contribution < 1.29 is 37.1 Å². The van der Waals surface area contributed by atoms with E-state index in [0.717, 1.165) is 28.1 Å². The van der Waals surface area contributed by atoms with Gasteiger partial charge in [-0.2, -0.15) is 5.26 Å². The van der Waals surface area contributed by atoms with Crippen molar-refractivity contribution in [2.75, 3.05) is 9.80 Å². The summed E-state index contributed by atoms with van der Waals surface area (Å²) >= 11 is 6.49. The highest BCUT2D eigenvalue weighted by atomic mass is 35.5. The molecule has 2 N–H and O–H groups in total. The fourth-order valence-electron chi connectivity index (χ4n) is 5.51. The van der Waals surface area contributed by atoms with Gasteiger partial charge in [-0.15, -0.1) is 0 Å². The smallest absolute Gasteiger partial charge is 0.259 e. The van der Waals surface area contributed by atoms with Crippen molar-refractivity contribution in [2.24, 2.45) is 0 Å². The Bertz CT molecular complexity index is 1660. The molecule has 45 heavy (non-hydrogen) atoms. The molecule has 1 saturated carbocycles. The number of amides is 3. The Morgan fingerprint density at radius 2 is 1.80 bits per heavy atom.